The summed E-state index contributed by atoms with van der Waals surface area (Å²) >= 11 is 0. The second-order valence-electron chi connectivity index (χ2n) is 10.8. The molecular formula is C33H63N3O5. The van der Waals surface area contributed by atoms with Crippen molar-refractivity contribution in [3.05, 3.63) is 47.2 Å². The number of carbonyl (C=O) groups excluding carboxylic acids is 1. The standard InChI is InChI=1S/C13H25N.C8H9NO3.C5H12.C4H9N.C3H6O.H2O/c1-10(2)12(4)8-13(5)14-7-6-11(3)9-14;1-12-7-3-5(8(9)11)2-6(10)4-7;1-3-5-4-2;1-2-4-5-3-1;1-2-3-4;/h11,13H,6-9H2,1-5H3;2-4,10H,1H3,(H2,9,11);3-5H2,1-2H3;5H,1-4H2;2-4H,1H3;1H2/b;;;;3-2+;. The van der Waals surface area contributed by atoms with E-state index in [2.05, 4.69) is 58.7 Å². The lowest BCUT2D eigenvalue weighted by atomic mass is 10.0. The van der Waals surface area contributed by atoms with E-state index in [1.165, 1.54) is 102 Å². The van der Waals surface area contributed by atoms with Gasteiger partial charge in [0, 0.05) is 24.2 Å². The normalized spacial score (nSPS) is 16.2. The number of amides is 1. The Morgan fingerprint density at radius 3 is 2.05 bits per heavy atom. The molecule has 2 aliphatic rings. The van der Waals surface area contributed by atoms with Gasteiger partial charge in [0.1, 0.15) is 11.5 Å². The Bertz CT molecular complexity index is 821. The highest BCUT2D eigenvalue weighted by Gasteiger charge is 2.22. The number of phenolic OH excluding ortho intramolecular Hbond substituents is 1. The van der Waals surface area contributed by atoms with Gasteiger partial charge in [0.05, 0.1) is 13.4 Å². The van der Waals surface area contributed by atoms with Gasteiger partial charge in [0.2, 0.25) is 5.91 Å². The van der Waals surface area contributed by atoms with Crippen molar-refractivity contribution in [3.8, 4) is 11.5 Å². The fourth-order valence-electron chi connectivity index (χ4n) is 3.97. The summed E-state index contributed by atoms with van der Waals surface area (Å²) in [6.07, 6.45) is 12.0. The molecule has 2 atom stereocenters. The molecule has 2 aliphatic heterocycles. The first-order valence-electron chi connectivity index (χ1n) is 15.0. The molecule has 0 saturated carbocycles. The molecule has 0 aliphatic carbocycles. The second-order valence-corrected chi connectivity index (χ2v) is 10.8. The number of benzene rings is 1. The molecule has 7 N–H and O–H groups in total. The summed E-state index contributed by atoms with van der Waals surface area (Å²) < 4.78 is 4.82. The molecule has 2 saturated heterocycles. The van der Waals surface area contributed by atoms with Crippen molar-refractivity contribution in [2.75, 3.05) is 33.3 Å². The summed E-state index contributed by atoms with van der Waals surface area (Å²) in [6, 6.07) is 4.87. The number of hydrogen-bond donors (Lipinski definition) is 4. The number of phenols is 1. The first-order valence-corrected chi connectivity index (χ1v) is 15.0. The molecule has 0 spiro atoms. The Balaban J connectivity index is -0.000000480. The van der Waals surface area contributed by atoms with Gasteiger partial charge in [-0.2, -0.15) is 0 Å². The Morgan fingerprint density at radius 1 is 1.17 bits per heavy atom. The van der Waals surface area contributed by atoms with E-state index in [-0.39, 0.29) is 16.8 Å². The van der Waals surface area contributed by atoms with Crippen LogP contribution in [0.15, 0.2) is 41.7 Å². The van der Waals surface area contributed by atoms with Crippen LogP contribution in [0.2, 0.25) is 0 Å². The van der Waals surface area contributed by atoms with Crippen LogP contribution < -0.4 is 15.8 Å². The predicted molar refractivity (Wildman–Crippen MR) is 175 cm³/mol. The Kier molecular flexibility index (Phi) is 28.9. The van der Waals surface area contributed by atoms with E-state index in [0.717, 1.165) is 18.2 Å². The lowest BCUT2D eigenvalue weighted by molar-refractivity contribution is 0.0999. The summed E-state index contributed by atoms with van der Waals surface area (Å²) in [5.41, 5.74) is 8.29. The maximum atomic E-state index is 10.7. The van der Waals surface area contributed by atoms with Crippen LogP contribution >= 0.6 is 0 Å². The number of rotatable bonds is 7. The van der Waals surface area contributed by atoms with Crippen LogP contribution in [0.1, 0.15) is 111 Å². The predicted octanol–water partition coefficient (Wildman–Crippen LogP) is 6.78. The zero-order chi connectivity index (χ0) is 30.9. The van der Waals surface area contributed by atoms with E-state index in [0.29, 0.717) is 5.75 Å². The van der Waals surface area contributed by atoms with Crippen molar-refractivity contribution in [1.82, 2.24) is 10.2 Å². The third-order valence-electron chi connectivity index (χ3n) is 6.76. The second kappa shape index (κ2) is 27.6. The van der Waals surface area contributed by atoms with Gasteiger partial charge in [-0.1, -0.05) is 57.3 Å². The average Bonchev–Trinajstić information content (AvgIpc) is 3.65. The zero-order valence-corrected chi connectivity index (χ0v) is 27.6. The maximum Gasteiger partial charge on any atom is 0.248 e. The number of methoxy groups -OCH3 is 1. The average molecular weight is 582 g/mol. The van der Waals surface area contributed by atoms with Crippen molar-refractivity contribution < 1.29 is 25.2 Å². The minimum Gasteiger partial charge on any atom is -0.516 e. The number of nitrogens with one attached hydrogen (secondary N) is 1. The molecule has 0 bridgehead atoms. The van der Waals surface area contributed by atoms with Crippen molar-refractivity contribution in [2.24, 2.45) is 11.7 Å². The van der Waals surface area contributed by atoms with Crippen LogP contribution in [0, 0.1) is 5.92 Å². The molecular weight excluding hydrogens is 518 g/mol. The number of nitrogens with zero attached hydrogens (tertiary/aromatic N) is 1. The number of likely N-dealkylation sites (tertiary alicyclic amines) is 1. The minimum absolute atomic E-state index is 0. The van der Waals surface area contributed by atoms with Crippen molar-refractivity contribution in [2.45, 2.75) is 106 Å². The van der Waals surface area contributed by atoms with Gasteiger partial charge < -0.3 is 36.4 Å². The number of unbranched alkanes of at least 4 members (excludes halogenated alkanes) is 2. The van der Waals surface area contributed by atoms with Crippen LogP contribution in [-0.4, -0.2) is 65.8 Å². The van der Waals surface area contributed by atoms with Crippen molar-refractivity contribution in [3.63, 3.8) is 0 Å². The highest BCUT2D eigenvalue weighted by molar-refractivity contribution is 5.93. The van der Waals surface area contributed by atoms with E-state index < -0.39 is 5.91 Å². The fourth-order valence-corrected chi connectivity index (χ4v) is 3.97. The number of aliphatic hydroxyl groups excluding tert-OH is 1. The lowest BCUT2D eigenvalue weighted by Crippen LogP contribution is -2.31. The number of carbonyl (C=O) groups is 1. The zero-order valence-electron chi connectivity index (χ0n) is 27.6. The summed E-state index contributed by atoms with van der Waals surface area (Å²) in [7, 11) is 1.44. The molecule has 3 rings (SSSR count). The summed E-state index contributed by atoms with van der Waals surface area (Å²) in [5.74, 6) is 0.681. The van der Waals surface area contributed by atoms with Gasteiger partial charge >= 0.3 is 0 Å². The SMILES string of the molecule is C/C=C/O.C1CCNC1.CC(C)=C(C)CC(C)N1CCC(C)C1.CCCCC.COc1cc(O)cc(C(N)=O)c1.O. The number of aromatic hydroxyl groups is 1. The minimum atomic E-state index is -0.593. The highest BCUT2D eigenvalue weighted by Crippen LogP contribution is 2.22. The first kappa shape index (κ1) is 42.9. The van der Waals surface area contributed by atoms with Crippen LogP contribution in [0.25, 0.3) is 0 Å². The van der Waals surface area contributed by atoms with E-state index in [4.69, 9.17) is 20.7 Å². The molecule has 1 aromatic carbocycles. The Hall–Kier alpha value is -2.55. The van der Waals surface area contributed by atoms with Crippen LogP contribution in [0.4, 0.5) is 0 Å². The van der Waals surface area contributed by atoms with Gasteiger partial charge in [0.15, 0.2) is 0 Å². The van der Waals surface area contributed by atoms with Gasteiger partial charge in [-0.3, -0.25) is 4.79 Å². The number of nitrogens with two attached hydrogens (primary N) is 1. The number of ether oxygens (including phenoxy) is 1. The van der Waals surface area contributed by atoms with E-state index in [9.17, 15) is 4.79 Å². The molecule has 41 heavy (non-hydrogen) atoms. The van der Waals surface area contributed by atoms with Crippen molar-refractivity contribution >= 4 is 5.91 Å². The molecule has 2 fully saturated rings. The van der Waals surface area contributed by atoms with Gasteiger partial charge in [-0.15, -0.1) is 0 Å². The van der Waals surface area contributed by atoms with Crippen LogP contribution in [0.3, 0.4) is 0 Å². The summed E-state index contributed by atoms with van der Waals surface area (Å²) in [5, 5.41) is 20.0. The fraction of sp³-hybridized carbons (Fsp3) is 0.667. The summed E-state index contributed by atoms with van der Waals surface area (Å²) in [4.78, 5) is 13.3. The molecule has 0 aromatic heterocycles. The smallest absolute Gasteiger partial charge is 0.248 e. The van der Waals surface area contributed by atoms with Crippen molar-refractivity contribution in [1.29, 1.82) is 0 Å². The Morgan fingerprint density at radius 2 is 1.73 bits per heavy atom. The van der Waals surface area contributed by atoms with Crippen LogP contribution in [-0.2, 0) is 0 Å². The van der Waals surface area contributed by atoms with Gasteiger partial charge in [-0.05, 0) is 98.0 Å². The monoisotopic (exact) mass is 581 g/mol. The third-order valence-corrected chi connectivity index (χ3v) is 6.76. The molecule has 8 nitrogen and oxygen atoms in total. The number of primary amides is 1. The van der Waals surface area contributed by atoms with Gasteiger partial charge in [0.25, 0.3) is 0 Å². The van der Waals surface area contributed by atoms with E-state index >= 15 is 0 Å². The maximum absolute atomic E-state index is 10.7. The number of allylic oxidation sites excluding steroid dienone is 2. The first-order chi connectivity index (χ1) is 19.0. The lowest BCUT2D eigenvalue weighted by Gasteiger charge is -2.24. The van der Waals surface area contributed by atoms with Crippen LogP contribution in [0.5, 0.6) is 11.5 Å². The van der Waals surface area contributed by atoms with E-state index in [1.54, 1.807) is 18.6 Å². The molecule has 1 aromatic rings. The Labute approximate surface area is 251 Å². The number of hydrogen-bond acceptors (Lipinski definition) is 6. The summed E-state index contributed by atoms with van der Waals surface area (Å²) in [6.45, 7) is 22.7. The van der Waals surface area contributed by atoms with Gasteiger partial charge in [-0.25, -0.2) is 0 Å². The molecule has 240 valence electrons. The molecule has 8 heteroatoms. The largest absolute Gasteiger partial charge is 0.516 e. The third kappa shape index (κ3) is 23.8. The number of aliphatic hydroxyl groups is 1. The molecule has 1 amide bonds. The highest BCUT2D eigenvalue weighted by atomic mass is 16.5. The quantitative estimate of drug-likeness (QED) is 0.207. The molecule has 0 radical (unpaired) electrons. The topological polar surface area (TPSA) is 140 Å². The molecule has 2 unspecified atom stereocenters. The molecule has 2 heterocycles. The van der Waals surface area contributed by atoms with E-state index in [1.807, 2.05) is 0 Å².